The van der Waals surface area contributed by atoms with E-state index < -0.39 is 0 Å². The molecule has 148 heavy (non-hydrogen) atoms. The van der Waals surface area contributed by atoms with Crippen LogP contribution in [0.2, 0.25) is 0 Å². The summed E-state index contributed by atoms with van der Waals surface area (Å²) in [5.41, 5.74) is 19.5. The molecule has 7 aromatic carbocycles. The Bertz CT molecular complexity index is 4070. The van der Waals surface area contributed by atoms with E-state index in [-0.39, 0.29) is 152 Å². The van der Waals surface area contributed by atoms with Crippen molar-refractivity contribution in [3.8, 4) is 0 Å². The van der Waals surface area contributed by atoms with E-state index in [0.29, 0.717) is 35.5 Å². The first kappa shape index (κ1) is 145. The lowest BCUT2D eigenvalue weighted by molar-refractivity contribution is -1.09. The lowest BCUT2D eigenvalue weighted by Gasteiger charge is -2.55. The van der Waals surface area contributed by atoms with Gasteiger partial charge < -0.3 is 173 Å². The second-order valence-electron chi connectivity index (χ2n) is 47.9. The third-order valence-corrected chi connectivity index (χ3v) is 34.3. The molecule has 9 saturated heterocycles. The minimum atomic E-state index is 0. The molecule has 0 spiro atoms. The Morgan fingerprint density at radius 3 is 0.595 bits per heavy atom. The summed E-state index contributed by atoms with van der Waals surface area (Å²) in [6.07, 6.45) is 14.5. The maximum Gasteiger partial charge on any atom is 0.223 e. The number of carbonyl (C=O) groups is 3. The number of unbranched alkanes of at least 4 members (excludes halogenated alkanes) is 2. The van der Waals surface area contributed by atoms with Crippen LogP contribution < -0.4 is 132 Å². The van der Waals surface area contributed by atoms with Crippen LogP contribution in [0.15, 0.2) is 176 Å². The summed E-state index contributed by atoms with van der Waals surface area (Å²) in [5, 5.41) is 8.93. The van der Waals surface area contributed by atoms with Gasteiger partial charge in [-0.15, -0.1) is 0 Å². The van der Waals surface area contributed by atoms with Crippen LogP contribution in [0.5, 0.6) is 0 Å². The number of nitrogens with one attached hydrogen (secondary N) is 3. The van der Waals surface area contributed by atoms with Gasteiger partial charge in [0.2, 0.25) is 17.7 Å². The summed E-state index contributed by atoms with van der Waals surface area (Å²) in [6.45, 7) is 78.0. The molecule has 844 valence electrons. The van der Waals surface area contributed by atoms with Crippen molar-refractivity contribution in [1.29, 1.82) is 0 Å². The Hall–Kier alpha value is -4.61. The summed E-state index contributed by atoms with van der Waals surface area (Å²) < 4.78 is 10.8. The normalized spacial score (nSPS) is 21.3. The molecule has 9 unspecified atom stereocenters. The zero-order valence-corrected chi connectivity index (χ0v) is 105. The van der Waals surface area contributed by atoms with Gasteiger partial charge in [0.25, 0.3) is 0 Å². The first-order chi connectivity index (χ1) is 66.1. The molecule has 16 rings (SSSR count). The minimum Gasteiger partial charge on any atom is -1.00 e. The third-order valence-electron chi connectivity index (χ3n) is 34.3. The van der Waals surface area contributed by atoms with Crippen molar-refractivity contribution in [1.82, 2.24) is 16.0 Å². The van der Waals surface area contributed by atoms with Gasteiger partial charge in [0, 0.05) is 69.8 Å². The van der Waals surface area contributed by atoms with Crippen molar-refractivity contribution in [3.05, 3.63) is 248 Å². The zero-order valence-electron chi connectivity index (χ0n) is 97.2. The van der Waals surface area contributed by atoms with Crippen molar-refractivity contribution in [2.75, 3.05) is 213 Å². The molecule has 7 aromatic rings. The van der Waals surface area contributed by atoms with E-state index in [1.807, 2.05) is 41.5 Å². The fourth-order valence-corrected chi connectivity index (χ4v) is 21.3. The Labute approximate surface area is 965 Å². The molecule has 9 atom stereocenters. The monoisotopic (exact) mass is 2270 g/mol. The third kappa shape index (κ3) is 48.2. The number of benzene rings is 7. The Morgan fingerprint density at radius 2 is 0.419 bits per heavy atom. The van der Waals surface area contributed by atoms with Crippen molar-refractivity contribution in [2.45, 2.75) is 289 Å². The molecule has 3 N–H and O–H groups in total. The molecule has 6 bridgehead atoms. The zero-order chi connectivity index (χ0) is 102. The van der Waals surface area contributed by atoms with Gasteiger partial charge in [-0.1, -0.05) is 301 Å². The maximum atomic E-state index is 11.7. The highest BCUT2D eigenvalue weighted by molar-refractivity contribution is 5.79. The van der Waals surface area contributed by atoms with Crippen LogP contribution in [0.3, 0.4) is 0 Å². The molecular formula is C124H207BrCl8N12O3. The van der Waals surface area contributed by atoms with Crippen LogP contribution in [0.25, 0.3) is 0 Å². The number of amides is 3. The van der Waals surface area contributed by atoms with Gasteiger partial charge in [-0.05, 0) is 152 Å². The van der Waals surface area contributed by atoms with Gasteiger partial charge in [0.05, 0.1) is 82.6 Å². The Kier molecular flexibility index (Phi) is 69.7. The average Bonchev–Trinajstić information content (AvgIpc) is 0.762. The minimum absolute atomic E-state index is 0. The number of carbonyl (C=O) groups excluding carboxylic acids is 3. The van der Waals surface area contributed by atoms with Crippen LogP contribution in [-0.2, 0) is 60.2 Å². The van der Waals surface area contributed by atoms with Gasteiger partial charge in [-0.3, -0.25) is 14.4 Å². The average molecular weight is 2280 g/mol. The maximum absolute atomic E-state index is 11.7. The van der Waals surface area contributed by atoms with Crippen molar-refractivity contribution in [3.63, 3.8) is 0 Å². The summed E-state index contributed by atoms with van der Waals surface area (Å²) in [4.78, 5) is 34.4. The van der Waals surface area contributed by atoms with Crippen LogP contribution >= 0.6 is 0 Å². The number of nitrogens with zero attached hydrogens (tertiary/aromatic N) is 9. The van der Waals surface area contributed by atoms with E-state index in [0.717, 1.165) is 91.2 Å². The van der Waals surface area contributed by atoms with Gasteiger partial charge in [-0.2, -0.15) is 0 Å². The second kappa shape index (κ2) is 70.9. The highest BCUT2D eigenvalue weighted by Gasteiger charge is 2.52. The number of quaternary nitrogens is 9. The van der Waals surface area contributed by atoms with Crippen LogP contribution in [0.1, 0.15) is 316 Å². The number of halogens is 9. The lowest BCUT2D eigenvalue weighted by atomic mass is 9.96. The number of piperazine rings is 9. The van der Waals surface area contributed by atoms with Gasteiger partial charge in [0.1, 0.15) is 164 Å². The molecular weight excluding hydrogens is 2070 g/mol. The molecule has 3 amide bonds. The molecule has 15 nitrogen and oxygen atoms in total. The van der Waals surface area contributed by atoms with E-state index in [1.54, 1.807) is 0 Å². The van der Waals surface area contributed by atoms with Crippen molar-refractivity contribution in [2.24, 2.45) is 17.8 Å². The molecule has 0 aromatic heterocycles. The van der Waals surface area contributed by atoms with Gasteiger partial charge >= 0.3 is 0 Å². The summed E-state index contributed by atoms with van der Waals surface area (Å²) in [7, 11) is 17.5. The first-order valence-electron chi connectivity index (χ1n) is 56.0. The molecule has 0 saturated carbocycles. The number of hydrogen-bond acceptors (Lipinski definition) is 3. The van der Waals surface area contributed by atoms with E-state index in [1.165, 1.54) is 308 Å². The second-order valence-corrected chi connectivity index (χ2v) is 47.9. The van der Waals surface area contributed by atoms with Gasteiger partial charge in [-0.25, -0.2) is 0 Å². The summed E-state index contributed by atoms with van der Waals surface area (Å²) in [6, 6.07) is 67.9. The smallest absolute Gasteiger partial charge is 0.223 e. The lowest BCUT2D eigenvalue weighted by Crippen LogP contribution is -3.00. The molecule has 24 heteroatoms. The van der Waals surface area contributed by atoms with E-state index in [2.05, 4.69) is 331 Å². The van der Waals surface area contributed by atoms with E-state index in [4.69, 9.17) is 0 Å². The summed E-state index contributed by atoms with van der Waals surface area (Å²) in [5.74, 6) is 5.05. The molecule has 9 aliphatic rings. The standard InChI is InChI=1S/3C28H42N2.C18H30N2O.C12H26N2O.C10H22N2O.BrH.8ClH/c3*1-5-23(3)27-11-7-25(8-12-27)21-29-15-18-30(19-16-29,20-17-29)22-26-9-13-28(14-10-26)24(4)6-2;1-5-16(2)18(21)19-13-9-10-14-20(3,4)15-17-11-7-6-8-12-17;1-6-11(2)12(15)13-9-7-8-10-14(3,4)5;1-6-9(2)10(13)11-7-8-12(3,4)5;;;;;;;;;/h3*7-14,23-24H,5-6,15-22H2,1-4H3;6-8,11-12,16H,5,9-10,13-15H2,1-4H3;11H,6-10H2,1-5H3;9H,6-8H2,1-5H3;9*1H/q3*+2;;;;;;;;;;;;/p-6. The molecule has 0 radical (unpaired) electrons. The first-order valence-corrected chi connectivity index (χ1v) is 56.0. The highest BCUT2D eigenvalue weighted by Crippen LogP contribution is 2.37. The number of likely N-dealkylation sites (N-methyl/N-ethyl adjacent to an activating group) is 1. The Balaban J connectivity index is 0. The number of rotatable bonds is 45. The van der Waals surface area contributed by atoms with E-state index in [9.17, 15) is 14.4 Å². The quantitative estimate of drug-likeness (QED) is 0.0281. The van der Waals surface area contributed by atoms with Crippen molar-refractivity contribution >= 4 is 17.7 Å². The van der Waals surface area contributed by atoms with Crippen molar-refractivity contribution < 1.29 is 171 Å². The summed E-state index contributed by atoms with van der Waals surface area (Å²) >= 11 is 0. The predicted molar refractivity (Wildman–Crippen MR) is 591 cm³/mol. The fourth-order valence-electron chi connectivity index (χ4n) is 21.3. The predicted octanol–water partition coefficient (Wildman–Crippen LogP) is -3.04. The van der Waals surface area contributed by atoms with Crippen LogP contribution in [0, 0.1) is 17.8 Å². The SMILES string of the molecule is CCC(C)C(=O)NCCCC[N+](C)(C)C.CCC(C)C(=O)NCCCC[N+](C)(C)Cc1ccccc1.CCC(C)C(=O)NCC[N+](C)(C)C.CCC(C)c1ccc(C[N+]23CC[N+](Cc4ccc(C(C)CC)cc4)(CC2)CC3)cc1.CCC(C)c1ccc(C[N+]23CC[N+](Cc4ccc(C(C)CC)cc4)(CC2)CC3)cc1.CCC(C)c1ccc(C[N+]23CC[N+](Cc4ccc(C(C)CC)cc4)(CC2)CC3)cc1.[Br-].[Cl-].[Cl-].[Cl-].[Cl-].[Cl-].[Cl-].[Cl-].[Cl-]. The number of hydrogen-bond donors (Lipinski definition) is 3. The number of fused-ring (bicyclic) bond motifs is 9. The molecule has 9 fully saturated rings. The molecule has 0 aliphatic carbocycles. The van der Waals surface area contributed by atoms with E-state index >= 15 is 0 Å². The fraction of sp³-hybridized carbons (Fsp3) is 0.637. The molecule has 9 heterocycles. The Morgan fingerprint density at radius 1 is 0.236 bits per heavy atom. The van der Waals surface area contributed by atoms with Crippen LogP contribution in [0.4, 0.5) is 0 Å². The highest BCUT2D eigenvalue weighted by atomic mass is 79.9. The topological polar surface area (TPSA) is 87.3 Å². The largest absolute Gasteiger partial charge is 1.00 e. The van der Waals surface area contributed by atoms with Gasteiger partial charge in [0.15, 0.2) is 0 Å². The van der Waals surface area contributed by atoms with Crippen LogP contribution in [-0.4, -0.2) is 272 Å². The molecule has 9 aliphatic heterocycles.